The first-order valence-corrected chi connectivity index (χ1v) is 8.89. The van der Waals surface area contributed by atoms with E-state index in [9.17, 15) is 13.2 Å². The first kappa shape index (κ1) is 15.0. The highest BCUT2D eigenvalue weighted by Crippen LogP contribution is 2.43. The lowest BCUT2D eigenvalue weighted by atomic mass is 9.67. The number of hydrogen-bond acceptors (Lipinski definition) is 4. The van der Waals surface area contributed by atoms with Crippen molar-refractivity contribution in [1.82, 2.24) is 4.72 Å². The molecule has 1 aliphatic rings. The van der Waals surface area contributed by atoms with Crippen molar-refractivity contribution in [3.8, 4) is 0 Å². The molecule has 0 atom stereocenters. The Bertz CT molecular complexity index is 577. The number of halogens is 1. The molecule has 2 N–H and O–H groups in total. The Hall–Kier alpha value is -0.440. The van der Waals surface area contributed by atoms with E-state index in [0.717, 1.165) is 34.4 Å². The number of carboxylic acids is 1. The SMILES string of the molecule is O=C(O)CC1(CNS(=O)(=O)c2ccc(Br)s2)CCC1. The first-order chi connectivity index (χ1) is 8.83. The molecule has 1 heterocycles. The summed E-state index contributed by atoms with van der Waals surface area (Å²) in [7, 11) is -3.54. The van der Waals surface area contributed by atoms with Crippen LogP contribution in [-0.4, -0.2) is 26.0 Å². The van der Waals surface area contributed by atoms with Crippen molar-refractivity contribution in [1.29, 1.82) is 0 Å². The van der Waals surface area contributed by atoms with E-state index in [0.29, 0.717) is 0 Å². The Morgan fingerprint density at radius 2 is 2.16 bits per heavy atom. The van der Waals surface area contributed by atoms with E-state index in [1.165, 1.54) is 6.07 Å². The molecule has 0 amide bonds. The second kappa shape index (κ2) is 5.51. The van der Waals surface area contributed by atoms with Gasteiger partial charge in [-0.3, -0.25) is 4.79 Å². The normalized spacial score (nSPS) is 17.9. The number of carbonyl (C=O) groups is 1. The lowest BCUT2D eigenvalue weighted by molar-refractivity contribution is -0.141. The van der Waals surface area contributed by atoms with Crippen molar-refractivity contribution >= 4 is 43.3 Å². The second-order valence-electron chi connectivity index (χ2n) is 4.81. The Morgan fingerprint density at radius 3 is 2.58 bits per heavy atom. The fraction of sp³-hybridized carbons (Fsp3) is 0.545. The molecule has 8 heteroatoms. The molecule has 0 aliphatic heterocycles. The molecule has 0 unspecified atom stereocenters. The van der Waals surface area contributed by atoms with Crippen LogP contribution in [-0.2, 0) is 14.8 Å². The third-order valence-electron chi connectivity index (χ3n) is 3.39. The van der Waals surface area contributed by atoms with E-state index in [1.54, 1.807) is 6.07 Å². The molecule has 1 aromatic rings. The largest absolute Gasteiger partial charge is 0.481 e. The van der Waals surface area contributed by atoms with E-state index >= 15 is 0 Å². The van der Waals surface area contributed by atoms with Crippen molar-refractivity contribution in [2.45, 2.75) is 29.9 Å². The van der Waals surface area contributed by atoms with Gasteiger partial charge >= 0.3 is 5.97 Å². The van der Waals surface area contributed by atoms with Crippen molar-refractivity contribution < 1.29 is 18.3 Å². The van der Waals surface area contributed by atoms with Crippen molar-refractivity contribution in [3.63, 3.8) is 0 Å². The maximum Gasteiger partial charge on any atom is 0.303 e. The molecule has 1 saturated carbocycles. The van der Waals surface area contributed by atoms with Crippen molar-refractivity contribution in [2.75, 3.05) is 6.54 Å². The van der Waals surface area contributed by atoms with Crippen LogP contribution in [0, 0.1) is 5.41 Å². The molecule has 5 nitrogen and oxygen atoms in total. The van der Waals surface area contributed by atoms with E-state index < -0.39 is 21.4 Å². The van der Waals surface area contributed by atoms with Gasteiger partial charge in [-0.05, 0) is 46.3 Å². The summed E-state index contributed by atoms with van der Waals surface area (Å²) < 4.78 is 27.6. The predicted molar refractivity (Wildman–Crippen MR) is 75.7 cm³/mol. The number of aliphatic carboxylic acids is 1. The molecule has 1 fully saturated rings. The number of hydrogen-bond donors (Lipinski definition) is 2. The standard InChI is InChI=1S/C11H14BrNO4S2/c12-8-2-3-10(18-8)19(16,17)13-7-11(4-1-5-11)6-9(14)15/h2-3,13H,1,4-7H2,(H,14,15). The summed E-state index contributed by atoms with van der Waals surface area (Å²) >= 11 is 4.36. The summed E-state index contributed by atoms with van der Waals surface area (Å²) in [6.07, 6.45) is 2.50. The van der Waals surface area contributed by atoms with Crippen LogP contribution in [0.25, 0.3) is 0 Å². The molecule has 0 aromatic carbocycles. The quantitative estimate of drug-likeness (QED) is 0.808. The minimum absolute atomic E-state index is 0.0175. The van der Waals surface area contributed by atoms with Gasteiger partial charge < -0.3 is 5.11 Å². The highest BCUT2D eigenvalue weighted by atomic mass is 79.9. The molecule has 106 valence electrons. The van der Waals surface area contributed by atoms with Crippen LogP contribution in [0.15, 0.2) is 20.1 Å². The van der Waals surface area contributed by atoms with E-state index in [2.05, 4.69) is 20.7 Å². The smallest absolute Gasteiger partial charge is 0.303 e. The van der Waals surface area contributed by atoms with Crippen molar-refractivity contribution in [3.05, 3.63) is 15.9 Å². The van der Waals surface area contributed by atoms with Gasteiger partial charge in [-0.25, -0.2) is 13.1 Å². The maximum atomic E-state index is 12.0. The molecule has 0 spiro atoms. The Morgan fingerprint density at radius 1 is 1.47 bits per heavy atom. The van der Waals surface area contributed by atoms with Gasteiger partial charge in [0.15, 0.2) is 0 Å². The number of nitrogens with one attached hydrogen (secondary N) is 1. The predicted octanol–water partition coefficient (Wildman–Crippen LogP) is 2.43. The van der Waals surface area contributed by atoms with Crippen LogP contribution < -0.4 is 4.72 Å². The monoisotopic (exact) mass is 367 g/mol. The maximum absolute atomic E-state index is 12.0. The van der Waals surface area contributed by atoms with E-state index in [-0.39, 0.29) is 17.2 Å². The molecule has 0 radical (unpaired) electrons. The Labute approximate surface area is 124 Å². The topological polar surface area (TPSA) is 83.5 Å². The summed E-state index contributed by atoms with van der Waals surface area (Å²) in [5.74, 6) is -0.877. The van der Waals surface area contributed by atoms with Gasteiger partial charge in [0, 0.05) is 6.54 Å². The molecule has 0 bridgehead atoms. The molecule has 1 aromatic heterocycles. The van der Waals surface area contributed by atoms with Gasteiger partial charge in [0.05, 0.1) is 10.2 Å². The summed E-state index contributed by atoms with van der Waals surface area (Å²) in [5.41, 5.74) is -0.409. The van der Waals surface area contributed by atoms with Gasteiger partial charge in [-0.2, -0.15) is 0 Å². The van der Waals surface area contributed by atoms with Gasteiger partial charge in [0.2, 0.25) is 10.0 Å². The number of rotatable bonds is 6. The highest BCUT2D eigenvalue weighted by Gasteiger charge is 2.39. The first-order valence-electron chi connectivity index (χ1n) is 5.80. The third-order valence-corrected chi connectivity index (χ3v) is 6.91. The second-order valence-corrected chi connectivity index (χ2v) is 9.26. The van der Waals surface area contributed by atoms with Crippen LogP contribution in [0.3, 0.4) is 0 Å². The zero-order valence-corrected chi connectivity index (χ0v) is 13.3. The minimum atomic E-state index is -3.54. The lowest BCUT2D eigenvalue weighted by Crippen LogP contribution is -2.43. The van der Waals surface area contributed by atoms with Gasteiger partial charge in [-0.1, -0.05) is 6.42 Å². The number of thiophene rings is 1. The third kappa shape index (κ3) is 3.56. The van der Waals surface area contributed by atoms with Crippen LogP contribution >= 0.6 is 27.3 Å². The summed E-state index contributed by atoms with van der Waals surface area (Å²) in [6.45, 7) is 0.192. The van der Waals surface area contributed by atoms with E-state index in [4.69, 9.17) is 5.11 Å². The summed E-state index contributed by atoms with van der Waals surface area (Å²) in [4.78, 5) is 10.8. The van der Waals surface area contributed by atoms with Crippen molar-refractivity contribution in [2.24, 2.45) is 5.41 Å². The van der Waals surface area contributed by atoms with Gasteiger partial charge in [0.25, 0.3) is 0 Å². The molecule has 2 rings (SSSR count). The Balaban J connectivity index is 2.03. The minimum Gasteiger partial charge on any atom is -0.481 e. The highest BCUT2D eigenvalue weighted by molar-refractivity contribution is 9.11. The van der Waals surface area contributed by atoms with E-state index in [1.807, 2.05) is 0 Å². The molecular weight excluding hydrogens is 354 g/mol. The molecule has 0 saturated heterocycles. The lowest BCUT2D eigenvalue weighted by Gasteiger charge is -2.40. The Kier molecular flexibility index (Phi) is 4.34. The average Bonchev–Trinajstić information content (AvgIpc) is 2.69. The summed E-state index contributed by atoms with van der Waals surface area (Å²) in [5, 5.41) is 8.88. The van der Waals surface area contributed by atoms with Crippen LogP contribution in [0.4, 0.5) is 0 Å². The number of sulfonamides is 1. The molecule has 1 aliphatic carbocycles. The number of carboxylic acid groups (broad SMARTS) is 1. The van der Waals surface area contributed by atoms with Crippen LogP contribution in [0.2, 0.25) is 0 Å². The fourth-order valence-corrected chi connectivity index (χ4v) is 5.39. The van der Waals surface area contributed by atoms with Crippen LogP contribution in [0.5, 0.6) is 0 Å². The zero-order chi connectivity index (χ0) is 14.1. The summed E-state index contributed by atoms with van der Waals surface area (Å²) in [6, 6.07) is 3.21. The zero-order valence-electron chi connectivity index (χ0n) is 10.1. The molecular formula is C11H14BrNO4S2. The van der Waals surface area contributed by atoms with Gasteiger partial charge in [-0.15, -0.1) is 11.3 Å². The average molecular weight is 368 g/mol. The van der Waals surface area contributed by atoms with Gasteiger partial charge in [0.1, 0.15) is 4.21 Å². The fourth-order valence-electron chi connectivity index (χ4n) is 2.17. The molecule has 19 heavy (non-hydrogen) atoms. The van der Waals surface area contributed by atoms with Crippen LogP contribution in [0.1, 0.15) is 25.7 Å².